The van der Waals surface area contributed by atoms with Crippen LogP contribution in [0.15, 0.2) is 12.2 Å². The Bertz CT molecular complexity index is 238. The van der Waals surface area contributed by atoms with Crippen molar-refractivity contribution in [2.75, 3.05) is 19.6 Å². The summed E-state index contributed by atoms with van der Waals surface area (Å²) in [6.45, 7) is 5.27. The molecule has 3 nitrogen and oxygen atoms in total. The first-order valence-corrected chi connectivity index (χ1v) is 6.34. The molecule has 0 amide bonds. The third-order valence-corrected chi connectivity index (χ3v) is 3.26. The Hall–Kier alpha value is -0.830. The van der Waals surface area contributed by atoms with Gasteiger partial charge in [-0.3, -0.25) is 4.90 Å². The molecule has 0 spiro atoms. The molecule has 92 valence electrons. The molecule has 1 aliphatic rings. The number of likely N-dealkylation sites (tertiary alicyclic amines) is 1. The number of carboxylic acids is 1. The Morgan fingerprint density at radius 1 is 1.44 bits per heavy atom. The fraction of sp³-hybridized carbons (Fsp3) is 0.769. The van der Waals surface area contributed by atoms with Crippen LogP contribution in [0.3, 0.4) is 0 Å². The van der Waals surface area contributed by atoms with Crippen molar-refractivity contribution in [1.82, 2.24) is 4.90 Å². The minimum atomic E-state index is -0.848. The maximum atomic E-state index is 10.3. The number of nitrogens with zero attached hydrogens (tertiary/aromatic N) is 1. The summed E-state index contributed by atoms with van der Waals surface area (Å²) in [6, 6.07) is 0. The second-order valence-electron chi connectivity index (χ2n) is 4.63. The van der Waals surface area contributed by atoms with Gasteiger partial charge in [-0.15, -0.1) is 0 Å². The van der Waals surface area contributed by atoms with Crippen LogP contribution in [0, 0.1) is 5.92 Å². The van der Waals surface area contributed by atoms with Crippen molar-refractivity contribution in [3.8, 4) is 0 Å². The molecule has 1 aliphatic heterocycles. The third-order valence-electron chi connectivity index (χ3n) is 3.26. The van der Waals surface area contributed by atoms with Gasteiger partial charge in [0.25, 0.3) is 0 Å². The van der Waals surface area contributed by atoms with Crippen molar-refractivity contribution >= 4 is 5.97 Å². The van der Waals surface area contributed by atoms with Crippen molar-refractivity contribution < 1.29 is 9.90 Å². The number of hydrogen-bond donors (Lipinski definition) is 1. The zero-order chi connectivity index (χ0) is 11.8. The predicted molar refractivity (Wildman–Crippen MR) is 65.5 cm³/mol. The predicted octanol–water partition coefficient (Wildman–Crippen LogP) is 2.53. The van der Waals surface area contributed by atoms with Crippen LogP contribution in [0.2, 0.25) is 0 Å². The van der Waals surface area contributed by atoms with Crippen LogP contribution in [-0.4, -0.2) is 35.6 Å². The largest absolute Gasteiger partial charge is 0.478 e. The van der Waals surface area contributed by atoms with Crippen molar-refractivity contribution in [3.63, 3.8) is 0 Å². The van der Waals surface area contributed by atoms with E-state index in [0.29, 0.717) is 0 Å². The lowest BCUT2D eigenvalue weighted by Gasteiger charge is -2.17. The Kier molecular flexibility index (Phi) is 6.16. The molecule has 1 heterocycles. The lowest BCUT2D eigenvalue weighted by molar-refractivity contribution is -0.131. The van der Waals surface area contributed by atoms with Gasteiger partial charge >= 0.3 is 5.97 Å². The first-order chi connectivity index (χ1) is 7.72. The second kappa shape index (κ2) is 7.44. The fourth-order valence-electron chi connectivity index (χ4n) is 2.41. The van der Waals surface area contributed by atoms with Gasteiger partial charge in [0.15, 0.2) is 0 Å². The topological polar surface area (TPSA) is 40.5 Å². The summed E-state index contributed by atoms with van der Waals surface area (Å²) in [5.41, 5.74) is 0. The van der Waals surface area contributed by atoms with Crippen LogP contribution < -0.4 is 0 Å². The molecular weight excluding hydrogens is 202 g/mol. The van der Waals surface area contributed by atoms with Crippen LogP contribution in [0.4, 0.5) is 0 Å². The quantitative estimate of drug-likeness (QED) is 0.731. The van der Waals surface area contributed by atoms with Gasteiger partial charge in [0.1, 0.15) is 0 Å². The molecule has 0 radical (unpaired) electrons. The van der Waals surface area contributed by atoms with E-state index in [9.17, 15) is 4.79 Å². The van der Waals surface area contributed by atoms with Gasteiger partial charge in [-0.1, -0.05) is 25.8 Å². The highest BCUT2D eigenvalue weighted by Gasteiger charge is 2.15. The first kappa shape index (κ1) is 13.2. The summed E-state index contributed by atoms with van der Waals surface area (Å²) in [7, 11) is 0. The van der Waals surface area contributed by atoms with Gasteiger partial charge in [0, 0.05) is 12.6 Å². The number of carbonyl (C=O) groups is 1. The van der Waals surface area contributed by atoms with Crippen LogP contribution >= 0.6 is 0 Å². The monoisotopic (exact) mass is 225 g/mol. The zero-order valence-electron chi connectivity index (χ0n) is 10.2. The van der Waals surface area contributed by atoms with Crippen molar-refractivity contribution in [3.05, 3.63) is 12.2 Å². The van der Waals surface area contributed by atoms with Crippen molar-refractivity contribution in [2.45, 2.75) is 39.0 Å². The molecule has 1 unspecified atom stereocenters. The molecule has 0 aromatic carbocycles. The Morgan fingerprint density at radius 3 is 2.94 bits per heavy atom. The minimum Gasteiger partial charge on any atom is -0.478 e. The van der Waals surface area contributed by atoms with E-state index in [1.165, 1.54) is 38.2 Å². The molecule has 0 aromatic heterocycles. The smallest absolute Gasteiger partial charge is 0.328 e. The molecule has 1 fully saturated rings. The highest BCUT2D eigenvalue weighted by Crippen LogP contribution is 2.21. The molecular formula is C13H23NO2. The van der Waals surface area contributed by atoms with Gasteiger partial charge < -0.3 is 5.11 Å². The van der Waals surface area contributed by atoms with Gasteiger partial charge in [-0.05, 0) is 38.3 Å². The highest BCUT2D eigenvalue weighted by molar-refractivity contribution is 5.79. The molecule has 1 N–H and O–H groups in total. The SMILES string of the molecule is CCCC1CCCN(C/C=C/C(=O)O)CC1. The van der Waals surface area contributed by atoms with Crippen LogP contribution in [0.25, 0.3) is 0 Å². The average Bonchev–Trinajstić information content (AvgIpc) is 2.44. The van der Waals surface area contributed by atoms with E-state index < -0.39 is 5.97 Å². The van der Waals surface area contributed by atoms with E-state index in [-0.39, 0.29) is 0 Å². The summed E-state index contributed by atoms with van der Waals surface area (Å²) in [4.78, 5) is 12.7. The van der Waals surface area contributed by atoms with Gasteiger partial charge in [0.2, 0.25) is 0 Å². The van der Waals surface area contributed by atoms with Crippen LogP contribution in [0.1, 0.15) is 39.0 Å². The first-order valence-electron chi connectivity index (χ1n) is 6.34. The molecule has 0 bridgehead atoms. The lowest BCUT2D eigenvalue weighted by atomic mass is 9.96. The normalized spacial score (nSPS) is 23.4. The van der Waals surface area contributed by atoms with Crippen LogP contribution in [-0.2, 0) is 4.79 Å². The summed E-state index contributed by atoms with van der Waals surface area (Å²) in [5, 5.41) is 8.51. The minimum absolute atomic E-state index is 0.783. The Morgan fingerprint density at radius 2 is 2.25 bits per heavy atom. The molecule has 16 heavy (non-hydrogen) atoms. The molecule has 1 atom stereocenters. The molecule has 0 aliphatic carbocycles. The number of rotatable bonds is 5. The number of carboxylic acid groups (broad SMARTS) is 1. The van der Waals surface area contributed by atoms with E-state index in [2.05, 4.69) is 11.8 Å². The van der Waals surface area contributed by atoms with Gasteiger partial charge in [-0.2, -0.15) is 0 Å². The summed E-state index contributed by atoms with van der Waals surface area (Å²) >= 11 is 0. The van der Waals surface area contributed by atoms with E-state index >= 15 is 0 Å². The second-order valence-corrected chi connectivity index (χ2v) is 4.63. The zero-order valence-corrected chi connectivity index (χ0v) is 10.2. The summed E-state index contributed by atoms with van der Waals surface area (Å²) < 4.78 is 0. The summed E-state index contributed by atoms with van der Waals surface area (Å²) in [5.74, 6) is 0.0390. The molecule has 0 aromatic rings. The van der Waals surface area contributed by atoms with Crippen LogP contribution in [0.5, 0.6) is 0 Å². The number of hydrogen-bond acceptors (Lipinski definition) is 2. The van der Waals surface area contributed by atoms with E-state index in [1.807, 2.05) is 0 Å². The molecule has 3 heteroatoms. The molecule has 1 rings (SSSR count). The van der Waals surface area contributed by atoms with Crippen molar-refractivity contribution in [2.24, 2.45) is 5.92 Å². The van der Waals surface area contributed by atoms with E-state index in [0.717, 1.165) is 25.6 Å². The maximum absolute atomic E-state index is 10.3. The highest BCUT2D eigenvalue weighted by atomic mass is 16.4. The standard InChI is InChI=1S/C13H23NO2/c1-2-5-12-6-3-9-14(11-8-12)10-4-7-13(15)16/h4,7,12H,2-3,5-6,8-11H2,1H3,(H,15,16)/b7-4+. The van der Waals surface area contributed by atoms with E-state index in [1.54, 1.807) is 6.08 Å². The van der Waals surface area contributed by atoms with Gasteiger partial charge in [-0.25, -0.2) is 4.79 Å². The Labute approximate surface area is 98.1 Å². The lowest BCUT2D eigenvalue weighted by Crippen LogP contribution is -2.25. The Balaban J connectivity index is 2.27. The average molecular weight is 225 g/mol. The van der Waals surface area contributed by atoms with Crippen molar-refractivity contribution in [1.29, 1.82) is 0 Å². The number of aliphatic carboxylic acids is 1. The third kappa shape index (κ3) is 5.31. The van der Waals surface area contributed by atoms with E-state index in [4.69, 9.17) is 5.11 Å². The molecule has 1 saturated heterocycles. The maximum Gasteiger partial charge on any atom is 0.328 e. The summed E-state index contributed by atoms with van der Waals surface area (Å²) in [6.07, 6.45) is 9.49. The molecule has 0 saturated carbocycles. The van der Waals surface area contributed by atoms with Gasteiger partial charge in [0.05, 0.1) is 0 Å². The fourth-order valence-corrected chi connectivity index (χ4v) is 2.41.